The third kappa shape index (κ3) is 1.68. The van der Waals surface area contributed by atoms with E-state index >= 15 is 0 Å². The summed E-state index contributed by atoms with van der Waals surface area (Å²) < 4.78 is 0. The van der Waals surface area contributed by atoms with Crippen LogP contribution in [0.5, 0.6) is 0 Å². The summed E-state index contributed by atoms with van der Waals surface area (Å²) in [5.74, 6) is -1.95. The number of amides is 4. The molecule has 0 saturated carbocycles. The first-order valence-electron chi connectivity index (χ1n) is 7.83. The number of imide groups is 2. The van der Waals surface area contributed by atoms with Crippen LogP contribution in [0.2, 0.25) is 0 Å². The number of hydrogen-bond acceptors (Lipinski definition) is 5. The normalized spacial score (nSPS) is 15.5. The first-order valence-corrected chi connectivity index (χ1v) is 7.83. The van der Waals surface area contributed by atoms with E-state index in [1.165, 1.54) is 30.5 Å². The average molecular weight is 343 g/mol. The molecule has 3 heterocycles. The summed E-state index contributed by atoms with van der Waals surface area (Å²) in [5, 5.41) is 2.94. The summed E-state index contributed by atoms with van der Waals surface area (Å²) in [6.07, 6.45) is 1.49. The van der Waals surface area contributed by atoms with Gasteiger partial charge in [0.1, 0.15) is 5.82 Å². The fourth-order valence-electron chi connectivity index (χ4n) is 3.50. The van der Waals surface area contributed by atoms with Crippen molar-refractivity contribution in [2.24, 2.45) is 0 Å². The Kier molecular flexibility index (Phi) is 2.68. The van der Waals surface area contributed by atoms with Gasteiger partial charge in [-0.2, -0.15) is 0 Å². The Morgan fingerprint density at radius 3 is 1.77 bits per heavy atom. The van der Waals surface area contributed by atoms with Crippen molar-refractivity contribution in [1.82, 2.24) is 10.3 Å². The van der Waals surface area contributed by atoms with Crippen LogP contribution in [0.4, 0.5) is 5.82 Å². The van der Waals surface area contributed by atoms with Crippen LogP contribution in [0.3, 0.4) is 0 Å². The van der Waals surface area contributed by atoms with Gasteiger partial charge >= 0.3 is 0 Å². The number of carbonyl (C=O) groups excluding carboxylic acids is 4. The van der Waals surface area contributed by atoms with E-state index in [4.69, 9.17) is 0 Å². The van der Waals surface area contributed by atoms with Gasteiger partial charge in [0.15, 0.2) is 0 Å². The molecule has 7 nitrogen and oxygen atoms in total. The lowest BCUT2D eigenvalue weighted by Crippen LogP contribution is -2.42. The Morgan fingerprint density at radius 2 is 1.23 bits per heavy atom. The molecule has 0 atom stereocenters. The molecule has 124 valence electrons. The molecule has 0 unspecified atom stereocenters. The van der Waals surface area contributed by atoms with Crippen molar-refractivity contribution >= 4 is 40.2 Å². The minimum absolute atomic E-state index is 0.218. The second-order valence-electron chi connectivity index (χ2n) is 5.99. The van der Waals surface area contributed by atoms with Crippen molar-refractivity contribution in [2.45, 2.75) is 0 Å². The van der Waals surface area contributed by atoms with E-state index in [1.807, 2.05) is 0 Å². The standard InChI is InChI=1S/C19H9N3O4/c23-16-9-4-6-11-15-12(7-5-10(14(9)15)17(24)21-16)19(26)22(18(11)25)13-3-1-2-8-20-13/h1-8H,(H,21,23,24). The molecule has 1 aromatic heterocycles. The zero-order chi connectivity index (χ0) is 18.0. The molecule has 0 spiro atoms. The maximum absolute atomic E-state index is 13.0. The Balaban J connectivity index is 1.86. The van der Waals surface area contributed by atoms with Crippen molar-refractivity contribution < 1.29 is 19.2 Å². The Morgan fingerprint density at radius 1 is 0.692 bits per heavy atom. The molecule has 2 aliphatic rings. The lowest BCUT2D eigenvalue weighted by molar-refractivity contribution is 0.0837. The van der Waals surface area contributed by atoms with E-state index in [0.717, 1.165) is 4.90 Å². The summed E-state index contributed by atoms with van der Waals surface area (Å²) in [6.45, 7) is 0. The zero-order valence-corrected chi connectivity index (χ0v) is 13.1. The van der Waals surface area contributed by atoms with E-state index in [0.29, 0.717) is 10.8 Å². The second-order valence-corrected chi connectivity index (χ2v) is 5.99. The summed E-state index contributed by atoms with van der Waals surface area (Å²) in [7, 11) is 0. The minimum atomic E-state index is -0.543. The van der Waals surface area contributed by atoms with Gasteiger partial charge in [0, 0.05) is 39.2 Å². The molecule has 2 aliphatic heterocycles. The number of hydrogen-bond donors (Lipinski definition) is 1. The molecule has 0 bridgehead atoms. The van der Waals surface area contributed by atoms with Crippen molar-refractivity contribution in [1.29, 1.82) is 0 Å². The van der Waals surface area contributed by atoms with E-state index < -0.39 is 23.6 Å². The van der Waals surface area contributed by atoms with Gasteiger partial charge < -0.3 is 0 Å². The largest absolute Gasteiger partial charge is 0.288 e. The molecule has 5 rings (SSSR count). The topological polar surface area (TPSA) is 96.4 Å². The smallest absolute Gasteiger partial charge is 0.267 e. The van der Waals surface area contributed by atoms with Crippen LogP contribution in [0, 0.1) is 0 Å². The zero-order valence-electron chi connectivity index (χ0n) is 13.1. The maximum Gasteiger partial charge on any atom is 0.267 e. The molecule has 3 aromatic rings. The molecule has 0 saturated heterocycles. The third-order valence-corrected chi connectivity index (χ3v) is 4.62. The molecule has 26 heavy (non-hydrogen) atoms. The van der Waals surface area contributed by atoms with E-state index in [2.05, 4.69) is 10.3 Å². The van der Waals surface area contributed by atoms with Crippen LogP contribution in [-0.4, -0.2) is 28.6 Å². The summed E-state index contributed by atoms with van der Waals surface area (Å²) >= 11 is 0. The summed E-state index contributed by atoms with van der Waals surface area (Å²) in [4.78, 5) is 55.3. The number of benzene rings is 2. The third-order valence-electron chi connectivity index (χ3n) is 4.62. The number of rotatable bonds is 1. The monoisotopic (exact) mass is 343 g/mol. The highest BCUT2D eigenvalue weighted by molar-refractivity contribution is 6.39. The molecule has 7 heteroatoms. The van der Waals surface area contributed by atoms with Crippen LogP contribution in [0.15, 0.2) is 48.7 Å². The van der Waals surface area contributed by atoms with Gasteiger partial charge in [-0.05, 0) is 36.4 Å². The second kappa shape index (κ2) is 4.82. The molecule has 1 N–H and O–H groups in total. The molecule has 0 aliphatic carbocycles. The van der Waals surface area contributed by atoms with Crippen molar-refractivity contribution in [3.05, 3.63) is 70.9 Å². The molecule has 4 amide bonds. The van der Waals surface area contributed by atoms with Gasteiger partial charge in [0.25, 0.3) is 23.6 Å². The van der Waals surface area contributed by atoms with Gasteiger partial charge in [-0.15, -0.1) is 0 Å². The van der Waals surface area contributed by atoms with Crippen molar-refractivity contribution in [2.75, 3.05) is 4.90 Å². The lowest BCUT2D eigenvalue weighted by atomic mass is 9.86. The van der Waals surface area contributed by atoms with Crippen LogP contribution >= 0.6 is 0 Å². The van der Waals surface area contributed by atoms with Gasteiger partial charge in [-0.1, -0.05) is 6.07 Å². The van der Waals surface area contributed by atoms with Crippen LogP contribution < -0.4 is 10.2 Å². The number of nitrogens with one attached hydrogen (secondary N) is 1. The predicted octanol–water partition coefficient (Wildman–Crippen LogP) is 1.92. The first-order chi connectivity index (χ1) is 12.6. The minimum Gasteiger partial charge on any atom is -0.288 e. The quantitative estimate of drug-likeness (QED) is 0.681. The highest BCUT2D eigenvalue weighted by atomic mass is 16.2. The SMILES string of the molecule is O=C1NC(=O)c2ccc3c4c(ccc1c24)C(=O)N(c1ccccn1)C3=O. The van der Waals surface area contributed by atoms with Gasteiger partial charge in [-0.3, -0.25) is 24.5 Å². The van der Waals surface area contributed by atoms with E-state index in [9.17, 15) is 19.2 Å². The van der Waals surface area contributed by atoms with Gasteiger partial charge in [0.2, 0.25) is 0 Å². The van der Waals surface area contributed by atoms with Crippen molar-refractivity contribution in [3.8, 4) is 0 Å². The number of anilines is 1. The average Bonchev–Trinajstić information content (AvgIpc) is 2.65. The van der Waals surface area contributed by atoms with Crippen molar-refractivity contribution in [3.63, 3.8) is 0 Å². The van der Waals surface area contributed by atoms with Crippen LogP contribution in [0.25, 0.3) is 10.8 Å². The number of pyridine rings is 1. The molecule has 2 aromatic carbocycles. The highest BCUT2D eigenvalue weighted by Crippen LogP contribution is 2.36. The molecule has 0 fully saturated rings. The van der Waals surface area contributed by atoms with Crippen LogP contribution in [-0.2, 0) is 0 Å². The number of aromatic nitrogens is 1. The Labute approximate surface area is 146 Å². The summed E-state index contributed by atoms with van der Waals surface area (Å²) in [6, 6.07) is 10.9. The Bertz CT molecular complexity index is 1120. The first kappa shape index (κ1) is 14.5. The molecule has 0 radical (unpaired) electrons. The van der Waals surface area contributed by atoms with Gasteiger partial charge in [0.05, 0.1) is 0 Å². The lowest BCUT2D eigenvalue weighted by Gasteiger charge is -2.28. The summed E-state index contributed by atoms with van der Waals surface area (Å²) in [5.41, 5.74) is 1.06. The maximum atomic E-state index is 13.0. The molecular weight excluding hydrogens is 334 g/mol. The molecular formula is C19H9N3O4. The fourth-order valence-corrected chi connectivity index (χ4v) is 3.50. The predicted molar refractivity (Wildman–Crippen MR) is 91.1 cm³/mol. The van der Waals surface area contributed by atoms with E-state index in [1.54, 1.807) is 18.2 Å². The van der Waals surface area contributed by atoms with E-state index in [-0.39, 0.29) is 28.1 Å². The fraction of sp³-hybridized carbons (Fsp3) is 0. The van der Waals surface area contributed by atoms with Crippen LogP contribution in [0.1, 0.15) is 41.4 Å². The number of carbonyl (C=O) groups is 4. The Hall–Kier alpha value is -3.87. The van der Waals surface area contributed by atoms with Gasteiger partial charge in [-0.25, -0.2) is 9.88 Å². The number of nitrogens with zero attached hydrogens (tertiary/aromatic N) is 2. The highest BCUT2D eigenvalue weighted by Gasteiger charge is 2.38.